The molecular formula is C52H29NO2. The van der Waals surface area contributed by atoms with Gasteiger partial charge in [0.1, 0.15) is 22.3 Å². The first-order valence-electron chi connectivity index (χ1n) is 18.8. The molecule has 3 nitrogen and oxygen atoms in total. The van der Waals surface area contributed by atoms with E-state index < -0.39 is 0 Å². The third-order valence-electron chi connectivity index (χ3n) is 12.0. The van der Waals surface area contributed by atoms with Crippen LogP contribution in [0.25, 0.3) is 126 Å². The van der Waals surface area contributed by atoms with Crippen molar-refractivity contribution in [3.8, 4) is 16.8 Å². The zero-order chi connectivity index (χ0) is 35.8. The number of furan rings is 2. The number of nitrogens with zero attached hydrogens (tertiary/aromatic N) is 1. The predicted octanol–water partition coefficient (Wildman–Crippen LogP) is 14.9. The first kappa shape index (κ1) is 29.1. The van der Waals surface area contributed by atoms with Crippen molar-refractivity contribution >= 4 is 109 Å². The molecule has 0 aliphatic carbocycles. The lowest BCUT2D eigenvalue weighted by atomic mass is 9.93. The quantitative estimate of drug-likeness (QED) is 0.168. The zero-order valence-electron chi connectivity index (χ0n) is 29.5. The molecule has 0 unspecified atom stereocenters. The molecule has 3 heteroatoms. The van der Waals surface area contributed by atoms with E-state index in [1.807, 2.05) is 0 Å². The summed E-state index contributed by atoms with van der Waals surface area (Å²) in [6, 6.07) is 63.5. The Morgan fingerprint density at radius 2 is 0.818 bits per heavy atom. The minimum Gasteiger partial charge on any atom is -0.456 e. The van der Waals surface area contributed by atoms with Gasteiger partial charge in [0, 0.05) is 48.8 Å². The van der Waals surface area contributed by atoms with E-state index in [1.165, 1.54) is 54.1 Å². The SMILES string of the molecule is c1ccc2c(c1)c1ccccc1c1c2ccc2c3ccc4cc(-c5ccc6oc7ccc(-n8c9ccccc9c9ccccc98)cc7c6c5)ccc4c3oc21. The molecule has 0 atom stereocenters. The highest BCUT2D eigenvalue weighted by molar-refractivity contribution is 6.33. The highest BCUT2D eigenvalue weighted by atomic mass is 16.3. The number of para-hydroxylation sites is 2. The summed E-state index contributed by atoms with van der Waals surface area (Å²) in [4.78, 5) is 0. The van der Waals surface area contributed by atoms with Gasteiger partial charge >= 0.3 is 0 Å². The van der Waals surface area contributed by atoms with Crippen molar-refractivity contribution in [2.45, 2.75) is 0 Å². The van der Waals surface area contributed by atoms with Crippen LogP contribution < -0.4 is 0 Å². The van der Waals surface area contributed by atoms with Gasteiger partial charge in [-0.15, -0.1) is 0 Å². The molecule has 0 saturated heterocycles. The van der Waals surface area contributed by atoms with Gasteiger partial charge in [0.25, 0.3) is 0 Å². The van der Waals surface area contributed by atoms with Crippen LogP contribution in [0.15, 0.2) is 185 Å². The molecule has 10 aromatic carbocycles. The number of benzene rings is 10. The topological polar surface area (TPSA) is 31.2 Å². The molecule has 55 heavy (non-hydrogen) atoms. The lowest BCUT2D eigenvalue weighted by molar-refractivity contribution is 0.669. The molecule has 0 amide bonds. The summed E-state index contributed by atoms with van der Waals surface area (Å²) in [6.07, 6.45) is 0. The van der Waals surface area contributed by atoms with Crippen LogP contribution in [0.3, 0.4) is 0 Å². The van der Waals surface area contributed by atoms with Gasteiger partial charge in [-0.1, -0.05) is 109 Å². The van der Waals surface area contributed by atoms with Gasteiger partial charge in [0.15, 0.2) is 0 Å². The van der Waals surface area contributed by atoms with Crippen LogP contribution in [0.4, 0.5) is 0 Å². The molecule has 0 spiro atoms. The van der Waals surface area contributed by atoms with Crippen LogP contribution in [-0.2, 0) is 0 Å². The molecule has 0 bridgehead atoms. The third-order valence-corrected chi connectivity index (χ3v) is 12.0. The third kappa shape index (κ3) is 3.94. The number of aromatic nitrogens is 1. The van der Waals surface area contributed by atoms with Gasteiger partial charge in [-0.3, -0.25) is 0 Å². The van der Waals surface area contributed by atoms with Crippen molar-refractivity contribution in [3.63, 3.8) is 0 Å². The fourth-order valence-corrected chi connectivity index (χ4v) is 9.47. The number of fused-ring (bicyclic) bond motifs is 18. The molecule has 0 aliphatic heterocycles. The Hall–Kier alpha value is -7.36. The van der Waals surface area contributed by atoms with Crippen molar-refractivity contribution in [2.75, 3.05) is 0 Å². The molecule has 13 rings (SSSR count). The summed E-state index contributed by atoms with van der Waals surface area (Å²) in [5, 5.41) is 16.6. The van der Waals surface area contributed by atoms with E-state index in [1.54, 1.807) is 0 Å². The monoisotopic (exact) mass is 699 g/mol. The smallest absolute Gasteiger partial charge is 0.143 e. The summed E-state index contributed by atoms with van der Waals surface area (Å²) < 4.78 is 15.7. The fourth-order valence-electron chi connectivity index (χ4n) is 9.47. The second-order valence-electron chi connectivity index (χ2n) is 14.8. The minimum atomic E-state index is 0.885. The zero-order valence-corrected chi connectivity index (χ0v) is 29.5. The van der Waals surface area contributed by atoms with Crippen molar-refractivity contribution in [3.05, 3.63) is 176 Å². The molecule has 0 N–H and O–H groups in total. The van der Waals surface area contributed by atoms with Gasteiger partial charge in [-0.2, -0.15) is 0 Å². The molecule has 3 heterocycles. The molecule has 0 radical (unpaired) electrons. The lowest BCUT2D eigenvalue weighted by Crippen LogP contribution is -1.93. The lowest BCUT2D eigenvalue weighted by Gasteiger charge is -2.10. The maximum absolute atomic E-state index is 6.96. The normalized spacial score (nSPS) is 12.4. The Bertz CT molecular complexity index is 3690. The minimum absolute atomic E-state index is 0.885. The highest BCUT2D eigenvalue weighted by Crippen LogP contribution is 2.44. The van der Waals surface area contributed by atoms with Gasteiger partial charge < -0.3 is 13.4 Å². The van der Waals surface area contributed by atoms with Crippen LogP contribution in [0, 0.1) is 0 Å². The Labute approximate surface area is 313 Å². The highest BCUT2D eigenvalue weighted by Gasteiger charge is 2.18. The van der Waals surface area contributed by atoms with Crippen molar-refractivity contribution < 1.29 is 8.83 Å². The maximum atomic E-state index is 6.96. The van der Waals surface area contributed by atoms with Crippen LogP contribution in [0.2, 0.25) is 0 Å². The number of rotatable bonds is 2. The van der Waals surface area contributed by atoms with Gasteiger partial charge in [0.2, 0.25) is 0 Å². The number of hydrogen-bond acceptors (Lipinski definition) is 2. The predicted molar refractivity (Wildman–Crippen MR) is 231 cm³/mol. The standard InChI is InChI=1S/C52H29NO2/c1-2-11-37-35(9-1)36-10-3-4-14-40(36)50-41(37)23-24-43-42-22-18-32-27-30(17-21-34(32)51(42)55-52(43)50)31-19-25-48-44(28-31)45-29-33(20-26-49(45)54-48)53-46-15-7-5-12-38(46)39-13-6-8-16-47(39)53/h1-29H. The summed E-state index contributed by atoms with van der Waals surface area (Å²) in [6.45, 7) is 0. The Kier molecular flexibility index (Phi) is 5.63. The first-order chi connectivity index (χ1) is 27.3. The van der Waals surface area contributed by atoms with Crippen LogP contribution in [0.5, 0.6) is 0 Å². The second-order valence-corrected chi connectivity index (χ2v) is 14.8. The average molecular weight is 700 g/mol. The van der Waals surface area contributed by atoms with Crippen molar-refractivity contribution in [1.82, 2.24) is 4.57 Å². The maximum Gasteiger partial charge on any atom is 0.143 e. The summed E-state index contributed by atoms with van der Waals surface area (Å²) in [7, 11) is 0. The largest absolute Gasteiger partial charge is 0.456 e. The molecule has 13 aromatic rings. The first-order valence-corrected chi connectivity index (χ1v) is 18.8. The van der Waals surface area contributed by atoms with E-state index in [0.29, 0.717) is 0 Å². The Balaban J connectivity index is 0.976. The van der Waals surface area contributed by atoms with E-state index >= 15 is 0 Å². The molecule has 0 fully saturated rings. The van der Waals surface area contributed by atoms with E-state index in [4.69, 9.17) is 8.83 Å². The van der Waals surface area contributed by atoms with Crippen LogP contribution >= 0.6 is 0 Å². The van der Waals surface area contributed by atoms with Crippen molar-refractivity contribution in [2.24, 2.45) is 0 Å². The molecule has 0 saturated carbocycles. The van der Waals surface area contributed by atoms with E-state index in [9.17, 15) is 0 Å². The molecule has 3 aromatic heterocycles. The van der Waals surface area contributed by atoms with Gasteiger partial charge in [-0.05, 0) is 110 Å². The Morgan fingerprint density at radius 3 is 1.56 bits per heavy atom. The van der Waals surface area contributed by atoms with E-state index in [0.717, 1.165) is 71.5 Å². The fraction of sp³-hybridized carbons (Fsp3) is 0. The van der Waals surface area contributed by atoms with Gasteiger partial charge in [-0.25, -0.2) is 0 Å². The van der Waals surface area contributed by atoms with Gasteiger partial charge in [0.05, 0.1) is 11.0 Å². The molecule has 254 valence electrons. The second kappa shape index (κ2) is 10.6. The number of hydrogen-bond donors (Lipinski definition) is 0. The van der Waals surface area contributed by atoms with Crippen LogP contribution in [-0.4, -0.2) is 4.57 Å². The molecule has 0 aliphatic rings. The Morgan fingerprint density at radius 1 is 0.309 bits per heavy atom. The summed E-state index contributed by atoms with van der Waals surface area (Å²) >= 11 is 0. The van der Waals surface area contributed by atoms with E-state index in [2.05, 4.69) is 180 Å². The van der Waals surface area contributed by atoms with Crippen molar-refractivity contribution in [1.29, 1.82) is 0 Å². The summed E-state index contributed by atoms with van der Waals surface area (Å²) in [5.74, 6) is 0. The molecular weight excluding hydrogens is 671 g/mol. The summed E-state index contributed by atoms with van der Waals surface area (Å²) in [5.41, 5.74) is 9.46. The van der Waals surface area contributed by atoms with E-state index in [-0.39, 0.29) is 0 Å². The van der Waals surface area contributed by atoms with Crippen LogP contribution in [0.1, 0.15) is 0 Å². The average Bonchev–Trinajstić information content (AvgIpc) is 3.92.